The normalized spacial score (nSPS) is 17.6. The topological polar surface area (TPSA) is 99.4 Å². The number of hydrogen-bond acceptors (Lipinski definition) is 5. The molecule has 0 saturated carbocycles. The number of aliphatic hydroxyl groups excluding tert-OH is 1. The molecule has 0 radical (unpaired) electrons. The first kappa shape index (κ1) is 17.1. The third-order valence-electron chi connectivity index (χ3n) is 4.63. The molecule has 0 saturated heterocycles. The highest BCUT2D eigenvalue weighted by Crippen LogP contribution is 2.41. The molecule has 0 bridgehead atoms. The van der Waals surface area contributed by atoms with Crippen LogP contribution in [0.2, 0.25) is 0 Å². The number of H-pyrrole nitrogens is 1. The van der Waals surface area contributed by atoms with Gasteiger partial charge in [0.25, 0.3) is 5.91 Å². The number of aromatic amines is 1. The van der Waals surface area contributed by atoms with Crippen molar-refractivity contribution in [3.05, 3.63) is 59.3 Å². The number of furan rings is 1. The standard InChI is InChI=1S/C20H19N3O4/c1-10(2)17(24)15-16(14-9-8-11(3)27-14)23(19(26)18(15)25)20-21-12-6-4-5-7-13(12)22-20/h4-10,16,25H,1-3H3,(H,21,22). The second-order valence-corrected chi connectivity index (χ2v) is 6.88. The van der Waals surface area contributed by atoms with Crippen molar-refractivity contribution in [2.75, 3.05) is 4.90 Å². The zero-order valence-corrected chi connectivity index (χ0v) is 15.2. The minimum absolute atomic E-state index is 0.0322. The Bertz CT molecular complexity index is 1060. The zero-order chi connectivity index (χ0) is 19.3. The Morgan fingerprint density at radius 3 is 2.63 bits per heavy atom. The van der Waals surface area contributed by atoms with Gasteiger partial charge in [-0.15, -0.1) is 0 Å². The van der Waals surface area contributed by atoms with Gasteiger partial charge in [0.05, 0.1) is 16.6 Å². The number of hydrogen-bond donors (Lipinski definition) is 2. The van der Waals surface area contributed by atoms with Gasteiger partial charge >= 0.3 is 0 Å². The number of aryl methyl sites for hydroxylation is 1. The fourth-order valence-electron chi connectivity index (χ4n) is 3.31. The minimum Gasteiger partial charge on any atom is -0.503 e. The van der Waals surface area contributed by atoms with E-state index in [9.17, 15) is 14.7 Å². The number of Topliss-reactive ketones (excluding diaryl/α,β-unsaturated/α-hetero) is 1. The minimum atomic E-state index is -0.873. The van der Waals surface area contributed by atoms with E-state index in [1.54, 1.807) is 32.9 Å². The number of amides is 1. The molecule has 0 aliphatic carbocycles. The molecule has 3 aromatic rings. The molecule has 1 aliphatic heterocycles. The maximum Gasteiger partial charge on any atom is 0.296 e. The Labute approximate surface area is 155 Å². The lowest BCUT2D eigenvalue weighted by Gasteiger charge is -2.22. The predicted molar refractivity (Wildman–Crippen MR) is 99.3 cm³/mol. The van der Waals surface area contributed by atoms with Crippen LogP contribution >= 0.6 is 0 Å². The quantitative estimate of drug-likeness (QED) is 0.736. The molecule has 3 heterocycles. The van der Waals surface area contributed by atoms with E-state index < -0.39 is 17.7 Å². The van der Waals surface area contributed by atoms with Crippen molar-refractivity contribution >= 4 is 28.7 Å². The van der Waals surface area contributed by atoms with Crippen LogP contribution in [-0.2, 0) is 9.59 Å². The summed E-state index contributed by atoms with van der Waals surface area (Å²) in [5.74, 6) is -0.648. The van der Waals surface area contributed by atoms with Crippen molar-refractivity contribution in [2.24, 2.45) is 5.92 Å². The number of rotatable bonds is 4. The Balaban J connectivity index is 1.89. The summed E-state index contributed by atoms with van der Waals surface area (Å²) in [6.45, 7) is 5.22. The number of imidazole rings is 1. The molecule has 1 unspecified atom stereocenters. The SMILES string of the molecule is Cc1ccc(C2C(C(=O)C(C)C)=C(O)C(=O)N2c2nc3ccccc3[nH]2)o1. The van der Waals surface area contributed by atoms with Crippen LogP contribution in [-0.4, -0.2) is 26.8 Å². The summed E-state index contributed by atoms with van der Waals surface area (Å²) >= 11 is 0. The highest BCUT2D eigenvalue weighted by molar-refractivity contribution is 6.16. The molecule has 1 aliphatic rings. The van der Waals surface area contributed by atoms with E-state index in [1.807, 2.05) is 24.3 Å². The van der Waals surface area contributed by atoms with Gasteiger partial charge in [-0.25, -0.2) is 4.98 Å². The maximum atomic E-state index is 12.9. The van der Waals surface area contributed by atoms with Crippen LogP contribution in [0, 0.1) is 12.8 Å². The fraction of sp³-hybridized carbons (Fsp3) is 0.250. The Hall–Kier alpha value is -3.35. The molecule has 0 spiro atoms. The molecular formula is C20H19N3O4. The molecule has 7 heteroatoms. The third kappa shape index (κ3) is 2.63. The number of carbonyl (C=O) groups excluding carboxylic acids is 2. The predicted octanol–water partition coefficient (Wildman–Crippen LogP) is 3.59. The summed E-state index contributed by atoms with van der Waals surface area (Å²) in [5.41, 5.74) is 1.46. The van der Waals surface area contributed by atoms with E-state index in [4.69, 9.17) is 4.42 Å². The summed E-state index contributed by atoms with van der Waals surface area (Å²) in [7, 11) is 0. The summed E-state index contributed by atoms with van der Waals surface area (Å²) in [6.07, 6.45) is 0. The highest BCUT2D eigenvalue weighted by atomic mass is 16.3. The van der Waals surface area contributed by atoms with Crippen molar-refractivity contribution in [1.82, 2.24) is 9.97 Å². The van der Waals surface area contributed by atoms with Crippen molar-refractivity contribution in [3.8, 4) is 0 Å². The first-order valence-electron chi connectivity index (χ1n) is 8.70. The largest absolute Gasteiger partial charge is 0.503 e. The second-order valence-electron chi connectivity index (χ2n) is 6.88. The van der Waals surface area contributed by atoms with Gasteiger partial charge in [-0.1, -0.05) is 26.0 Å². The van der Waals surface area contributed by atoms with Crippen LogP contribution in [0.3, 0.4) is 0 Å². The highest BCUT2D eigenvalue weighted by Gasteiger charge is 2.47. The Morgan fingerprint density at radius 2 is 2.00 bits per heavy atom. The second kappa shape index (κ2) is 6.12. The van der Waals surface area contributed by atoms with Crippen LogP contribution in [0.15, 0.2) is 52.1 Å². The fourth-order valence-corrected chi connectivity index (χ4v) is 3.31. The third-order valence-corrected chi connectivity index (χ3v) is 4.63. The molecule has 2 aromatic heterocycles. The van der Waals surface area contributed by atoms with Gasteiger partial charge in [-0.3, -0.25) is 14.5 Å². The average molecular weight is 365 g/mol. The van der Waals surface area contributed by atoms with E-state index in [0.717, 1.165) is 5.52 Å². The van der Waals surface area contributed by atoms with E-state index in [0.29, 0.717) is 17.0 Å². The van der Waals surface area contributed by atoms with Crippen molar-refractivity contribution in [3.63, 3.8) is 0 Å². The van der Waals surface area contributed by atoms with Crippen molar-refractivity contribution in [2.45, 2.75) is 26.8 Å². The lowest BCUT2D eigenvalue weighted by Crippen LogP contribution is -2.32. The molecule has 27 heavy (non-hydrogen) atoms. The van der Waals surface area contributed by atoms with E-state index >= 15 is 0 Å². The van der Waals surface area contributed by atoms with Crippen molar-refractivity contribution < 1.29 is 19.1 Å². The van der Waals surface area contributed by atoms with Crippen LogP contribution in [0.4, 0.5) is 5.95 Å². The number of nitrogens with zero attached hydrogens (tertiary/aromatic N) is 2. The number of para-hydroxylation sites is 2. The van der Waals surface area contributed by atoms with Crippen LogP contribution in [0.5, 0.6) is 0 Å². The van der Waals surface area contributed by atoms with Gasteiger partial charge in [0.1, 0.15) is 17.6 Å². The number of benzene rings is 1. The monoisotopic (exact) mass is 365 g/mol. The van der Waals surface area contributed by atoms with Gasteiger partial charge in [-0.05, 0) is 31.2 Å². The molecule has 138 valence electrons. The summed E-state index contributed by atoms with van der Waals surface area (Å²) in [6, 6.07) is 9.93. The smallest absolute Gasteiger partial charge is 0.296 e. The molecule has 1 aromatic carbocycles. The molecule has 1 atom stereocenters. The van der Waals surface area contributed by atoms with Crippen LogP contribution in [0.25, 0.3) is 11.0 Å². The van der Waals surface area contributed by atoms with E-state index in [-0.39, 0.29) is 23.2 Å². The zero-order valence-electron chi connectivity index (χ0n) is 15.2. The molecule has 0 fully saturated rings. The average Bonchev–Trinajstić information content (AvgIpc) is 3.31. The summed E-state index contributed by atoms with van der Waals surface area (Å²) < 4.78 is 5.72. The Kier molecular flexibility index (Phi) is 3.87. The summed E-state index contributed by atoms with van der Waals surface area (Å²) in [5, 5.41) is 10.5. The van der Waals surface area contributed by atoms with E-state index in [2.05, 4.69) is 9.97 Å². The molecule has 7 nitrogen and oxygen atoms in total. The van der Waals surface area contributed by atoms with Crippen molar-refractivity contribution in [1.29, 1.82) is 0 Å². The molecule has 4 rings (SSSR count). The molecular weight excluding hydrogens is 346 g/mol. The van der Waals surface area contributed by atoms with Gasteiger partial charge < -0.3 is 14.5 Å². The Morgan fingerprint density at radius 1 is 1.26 bits per heavy atom. The number of fused-ring (bicyclic) bond motifs is 1. The van der Waals surface area contributed by atoms with E-state index in [1.165, 1.54) is 4.90 Å². The van der Waals surface area contributed by atoms with Gasteiger partial charge in [0, 0.05) is 5.92 Å². The van der Waals surface area contributed by atoms with Crippen LogP contribution < -0.4 is 4.90 Å². The number of aliphatic hydroxyl groups is 1. The number of ketones is 1. The van der Waals surface area contributed by atoms with Gasteiger partial charge in [0.2, 0.25) is 5.95 Å². The maximum absolute atomic E-state index is 12.9. The first-order valence-corrected chi connectivity index (χ1v) is 8.70. The molecule has 1 amide bonds. The number of carbonyl (C=O) groups is 2. The number of aromatic nitrogens is 2. The lowest BCUT2D eigenvalue weighted by molar-refractivity contribution is -0.119. The van der Waals surface area contributed by atoms with Gasteiger partial charge in [-0.2, -0.15) is 0 Å². The number of anilines is 1. The molecule has 2 N–H and O–H groups in total. The first-order chi connectivity index (χ1) is 12.9. The van der Waals surface area contributed by atoms with Crippen LogP contribution in [0.1, 0.15) is 31.4 Å². The summed E-state index contributed by atoms with van der Waals surface area (Å²) in [4.78, 5) is 34.5. The van der Waals surface area contributed by atoms with Gasteiger partial charge in [0.15, 0.2) is 11.5 Å². The number of nitrogens with one attached hydrogen (secondary N) is 1. The lowest BCUT2D eigenvalue weighted by atomic mass is 9.94.